The highest BCUT2D eigenvalue weighted by atomic mass is 35.5. The summed E-state index contributed by atoms with van der Waals surface area (Å²) >= 11 is 6.10. The van der Waals surface area contributed by atoms with E-state index in [4.69, 9.17) is 11.6 Å². The first-order chi connectivity index (χ1) is 12.3. The maximum Gasteiger partial charge on any atom is 0.255 e. The molecule has 0 radical (unpaired) electrons. The van der Waals surface area contributed by atoms with E-state index in [0.29, 0.717) is 18.8 Å². The van der Waals surface area contributed by atoms with E-state index in [9.17, 15) is 13.2 Å². The average Bonchev–Trinajstić information content (AvgIpc) is 2.63. The molecule has 0 bridgehead atoms. The predicted molar refractivity (Wildman–Crippen MR) is 105 cm³/mol. The van der Waals surface area contributed by atoms with E-state index in [1.54, 1.807) is 13.8 Å². The molecule has 2 aromatic carbocycles. The lowest BCUT2D eigenvalue weighted by Gasteiger charge is -2.19. The second-order valence-corrected chi connectivity index (χ2v) is 8.05. The molecule has 0 aromatic heterocycles. The Morgan fingerprint density at radius 3 is 2.19 bits per heavy atom. The molecule has 0 aliphatic rings. The third kappa shape index (κ3) is 4.44. The molecule has 0 aliphatic carbocycles. The van der Waals surface area contributed by atoms with Crippen molar-refractivity contribution in [1.82, 2.24) is 4.31 Å². The number of carbonyl (C=O) groups excluding carboxylic acids is 1. The van der Waals surface area contributed by atoms with Crippen LogP contribution in [0.5, 0.6) is 0 Å². The number of sulfonamides is 1. The molecule has 0 atom stereocenters. The lowest BCUT2D eigenvalue weighted by Crippen LogP contribution is -2.31. The van der Waals surface area contributed by atoms with Crippen molar-refractivity contribution in [3.05, 3.63) is 58.6 Å². The van der Waals surface area contributed by atoms with Gasteiger partial charge < -0.3 is 5.32 Å². The molecule has 2 rings (SSSR count). The fourth-order valence-corrected chi connectivity index (χ4v) is 4.53. The summed E-state index contributed by atoms with van der Waals surface area (Å²) in [4.78, 5) is 12.4. The molecule has 0 aliphatic heterocycles. The number of hydrogen-bond donors (Lipinski definition) is 1. The predicted octanol–water partition coefficient (Wildman–Crippen LogP) is 4.19. The Kier molecular flexibility index (Phi) is 6.81. The van der Waals surface area contributed by atoms with Crippen molar-refractivity contribution in [1.29, 1.82) is 0 Å². The van der Waals surface area contributed by atoms with E-state index in [1.807, 2.05) is 24.3 Å². The molecule has 0 spiro atoms. The number of aryl methyl sites for hydroxylation is 1. The van der Waals surface area contributed by atoms with Crippen molar-refractivity contribution < 1.29 is 13.2 Å². The fraction of sp³-hybridized carbons (Fsp3) is 0.316. The van der Waals surface area contributed by atoms with E-state index in [2.05, 4.69) is 12.2 Å². The topological polar surface area (TPSA) is 66.5 Å². The number of benzene rings is 2. The molecule has 7 heteroatoms. The Morgan fingerprint density at radius 1 is 1.04 bits per heavy atom. The molecule has 0 saturated heterocycles. The molecule has 0 fully saturated rings. The van der Waals surface area contributed by atoms with Gasteiger partial charge in [0.2, 0.25) is 10.0 Å². The molecule has 140 valence electrons. The number of carbonyl (C=O) groups is 1. The van der Waals surface area contributed by atoms with Crippen molar-refractivity contribution in [2.75, 3.05) is 18.4 Å². The van der Waals surface area contributed by atoms with Crippen molar-refractivity contribution in [3.8, 4) is 0 Å². The molecule has 26 heavy (non-hydrogen) atoms. The first-order valence-electron chi connectivity index (χ1n) is 8.53. The Bertz CT molecular complexity index is 876. The van der Waals surface area contributed by atoms with Crippen LogP contribution in [0.15, 0.2) is 47.4 Å². The van der Waals surface area contributed by atoms with E-state index < -0.39 is 10.0 Å². The number of halogens is 1. The van der Waals surface area contributed by atoms with Crippen molar-refractivity contribution in [2.45, 2.75) is 32.1 Å². The van der Waals surface area contributed by atoms with Gasteiger partial charge in [-0.15, -0.1) is 0 Å². The molecule has 0 unspecified atom stereocenters. The summed E-state index contributed by atoms with van der Waals surface area (Å²) in [7, 11) is -3.75. The number of anilines is 1. The molecule has 0 heterocycles. The van der Waals surface area contributed by atoms with E-state index in [0.717, 1.165) is 6.42 Å². The number of hydrogen-bond acceptors (Lipinski definition) is 3. The lowest BCUT2D eigenvalue weighted by atomic mass is 10.1. The molecule has 1 N–H and O–H groups in total. The first kappa shape index (κ1) is 20.4. The van der Waals surface area contributed by atoms with E-state index in [1.165, 1.54) is 28.1 Å². The fourth-order valence-electron chi connectivity index (χ4n) is 2.57. The summed E-state index contributed by atoms with van der Waals surface area (Å²) in [5, 5.41) is 2.87. The van der Waals surface area contributed by atoms with Crippen LogP contribution in [0.1, 0.15) is 36.7 Å². The van der Waals surface area contributed by atoms with Gasteiger partial charge in [-0.1, -0.05) is 44.5 Å². The van der Waals surface area contributed by atoms with Crippen LogP contribution in [0.4, 0.5) is 5.69 Å². The molecule has 0 saturated carbocycles. The highest BCUT2D eigenvalue weighted by Crippen LogP contribution is 2.26. The summed E-state index contributed by atoms with van der Waals surface area (Å²) in [6.45, 7) is 6.22. The minimum absolute atomic E-state index is 0.0585. The highest BCUT2D eigenvalue weighted by Gasteiger charge is 2.25. The van der Waals surface area contributed by atoms with Crippen LogP contribution >= 0.6 is 11.6 Å². The van der Waals surface area contributed by atoms with Gasteiger partial charge in [-0.2, -0.15) is 4.31 Å². The van der Waals surface area contributed by atoms with Gasteiger partial charge in [-0.05, 0) is 42.3 Å². The van der Waals surface area contributed by atoms with Gasteiger partial charge in [0.05, 0.1) is 5.02 Å². The van der Waals surface area contributed by atoms with Gasteiger partial charge in [-0.25, -0.2) is 8.42 Å². The van der Waals surface area contributed by atoms with Gasteiger partial charge in [-0.3, -0.25) is 4.79 Å². The van der Waals surface area contributed by atoms with Crippen LogP contribution < -0.4 is 5.32 Å². The van der Waals surface area contributed by atoms with Crippen molar-refractivity contribution in [2.24, 2.45) is 0 Å². The van der Waals surface area contributed by atoms with Gasteiger partial charge in [0.25, 0.3) is 5.91 Å². The Labute approximate surface area is 160 Å². The second kappa shape index (κ2) is 8.66. The van der Waals surface area contributed by atoms with E-state index in [-0.39, 0.29) is 21.4 Å². The first-order valence-corrected chi connectivity index (χ1v) is 10.3. The van der Waals surface area contributed by atoms with Gasteiger partial charge in [0, 0.05) is 24.3 Å². The second-order valence-electron chi connectivity index (χ2n) is 5.74. The number of rotatable bonds is 7. The van der Waals surface area contributed by atoms with Gasteiger partial charge >= 0.3 is 0 Å². The summed E-state index contributed by atoms with van der Waals surface area (Å²) in [5.74, 6) is -0.387. The molecule has 2 aromatic rings. The number of nitrogens with one attached hydrogen (secondary N) is 1. The van der Waals surface area contributed by atoms with Crippen molar-refractivity contribution >= 4 is 33.2 Å². The zero-order chi connectivity index (χ0) is 19.3. The van der Waals surface area contributed by atoms with Crippen molar-refractivity contribution in [3.63, 3.8) is 0 Å². The largest absolute Gasteiger partial charge is 0.322 e. The zero-order valence-electron chi connectivity index (χ0n) is 15.1. The maximum absolute atomic E-state index is 12.7. The Balaban J connectivity index is 2.31. The maximum atomic E-state index is 12.7. The molecular formula is C19H23ClN2O3S. The average molecular weight is 395 g/mol. The third-order valence-electron chi connectivity index (χ3n) is 4.14. The summed E-state index contributed by atoms with van der Waals surface area (Å²) in [6, 6.07) is 11.8. The Morgan fingerprint density at radius 2 is 1.65 bits per heavy atom. The van der Waals surface area contributed by atoms with Crippen LogP contribution in [0.3, 0.4) is 0 Å². The minimum atomic E-state index is -3.75. The standard InChI is InChI=1S/C19H23ClN2O3S/c1-4-14-7-10-16(11-8-14)21-19(23)15-9-12-17(20)18(13-15)26(24,25)22(5-2)6-3/h7-13H,4-6H2,1-3H3,(H,21,23). The molecular weight excluding hydrogens is 372 g/mol. The Hall–Kier alpha value is -1.89. The summed E-state index contributed by atoms with van der Waals surface area (Å²) < 4.78 is 26.8. The smallest absolute Gasteiger partial charge is 0.255 e. The van der Waals surface area contributed by atoms with E-state index >= 15 is 0 Å². The molecule has 1 amide bonds. The highest BCUT2D eigenvalue weighted by molar-refractivity contribution is 7.89. The van der Waals surface area contributed by atoms with Crippen LogP contribution in [0.2, 0.25) is 5.02 Å². The SMILES string of the molecule is CCc1ccc(NC(=O)c2ccc(Cl)c(S(=O)(=O)N(CC)CC)c2)cc1. The van der Waals surface area contributed by atoms with Crippen LogP contribution in [-0.4, -0.2) is 31.7 Å². The third-order valence-corrected chi connectivity index (χ3v) is 6.67. The lowest BCUT2D eigenvalue weighted by molar-refractivity contribution is 0.102. The minimum Gasteiger partial charge on any atom is -0.322 e. The number of nitrogens with zero attached hydrogens (tertiary/aromatic N) is 1. The van der Waals surface area contributed by atoms with Crippen LogP contribution in [0.25, 0.3) is 0 Å². The van der Waals surface area contributed by atoms with Crippen LogP contribution in [-0.2, 0) is 16.4 Å². The summed E-state index contributed by atoms with van der Waals surface area (Å²) in [5.41, 5.74) is 2.05. The quantitative estimate of drug-likeness (QED) is 0.765. The molecule has 5 nitrogen and oxygen atoms in total. The van der Waals surface area contributed by atoms with Crippen LogP contribution in [0, 0.1) is 0 Å². The van der Waals surface area contributed by atoms with Gasteiger partial charge in [0.1, 0.15) is 4.90 Å². The van der Waals surface area contributed by atoms with Gasteiger partial charge in [0.15, 0.2) is 0 Å². The summed E-state index contributed by atoms with van der Waals surface area (Å²) in [6.07, 6.45) is 0.915. The number of amides is 1. The monoisotopic (exact) mass is 394 g/mol. The normalized spacial score (nSPS) is 11.6. The zero-order valence-corrected chi connectivity index (χ0v) is 16.7.